The largest absolute Gasteiger partial charge is 0.493 e. The highest BCUT2D eigenvalue weighted by atomic mass is 19.3. The highest BCUT2D eigenvalue weighted by Gasteiger charge is 2.33. The van der Waals surface area contributed by atoms with Crippen LogP contribution >= 0.6 is 0 Å². The number of benzene rings is 1. The Hall–Kier alpha value is -3.63. The maximum absolute atomic E-state index is 15.0. The molecule has 2 aliphatic rings. The fourth-order valence-electron chi connectivity index (χ4n) is 5.07. The fraction of sp³-hybridized carbons (Fsp3) is 0.500. The van der Waals surface area contributed by atoms with Gasteiger partial charge in [0.2, 0.25) is 5.91 Å². The number of amides is 2. The van der Waals surface area contributed by atoms with Crippen molar-refractivity contribution in [2.45, 2.75) is 77.1 Å². The van der Waals surface area contributed by atoms with Crippen LogP contribution in [0.5, 0.6) is 5.75 Å². The molecular weight excluding hydrogens is 511 g/mol. The van der Waals surface area contributed by atoms with E-state index in [9.17, 15) is 22.8 Å². The monoisotopic (exact) mass is 543 g/mol. The number of aromatic amines is 1. The number of hydrogen-bond donors (Lipinski definition) is 3. The summed E-state index contributed by atoms with van der Waals surface area (Å²) in [4.78, 5) is 36.8. The van der Waals surface area contributed by atoms with Crippen molar-refractivity contribution in [3.05, 3.63) is 41.3 Å². The number of ether oxygens (including phenoxy) is 1. The number of aryl methyl sites for hydroxylation is 1. The highest BCUT2D eigenvalue weighted by Crippen LogP contribution is 2.38. The fourth-order valence-corrected chi connectivity index (χ4v) is 5.07. The molecule has 2 fully saturated rings. The lowest BCUT2D eigenvalue weighted by Gasteiger charge is -2.32. The number of fused-ring (bicyclic) bond motifs is 1. The third-order valence-corrected chi connectivity index (χ3v) is 7.46. The molecule has 2 amide bonds. The van der Waals surface area contributed by atoms with Crippen LogP contribution in [0, 0.1) is 12.8 Å². The number of nitrogens with zero attached hydrogens (tertiary/aromatic N) is 2. The molecule has 0 saturated heterocycles. The van der Waals surface area contributed by atoms with Crippen molar-refractivity contribution in [1.29, 1.82) is 0 Å². The predicted molar refractivity (Wildman–Crippen MR) is 139 cm³/mol. The van der Waals surface area contributed by atoms with Gasteiger partial charge in [0.15, 0.2) is 0 Å². The smallest absolute Gasteiger partial charge is 0.263 e. The zero-order valence-corrected chi connectivity index (χ0v) is 21.9. The molecule has 0 bridgehead atoms. The molecular formula is C28H32F3N5O3. The molecule has 8 nitrogen and oxygen atoms in total. The van der Waals surface area contributed by atoms with E-state index in [0.29, 0.717) is 65.5 Å². The van der Waals surface area contributed by atoms with Gasteiger partial charge in [-0.05, 0) is 56.7 Å². The number of nitrogens with one attached hydrogen (secondary N) is 3. The highest BCUT2D eigenvalue weighted by molar-refractivity contribution is 6.09. The van der Waals surface area contributed by atoms with E-state index in [1.807, 2.05) is 0 Å². The van der Waals surface area contributed by atoms with E-state index in [2.05, 4.69) is 25.6 Å². The van der Waals surface area contributed by atoms with E-state index in [-0.39, 0.29) is 29.5 Å². The number of carbonyl (C=O) groups is 2. The summed E-state index contributed by atoms with van der Waals surface area (Å²) in [7, 11) is 0. The van der Waals surface area contributed by atoms with Crippen LogP contribution in [0.3, 0.4) is 0 Å². The Morgan fingerprint density at radius 3 is 2.64 bits per heavy atom. The molecule has 39 heavy (non-hydrogen) atoms. The molecule has 2 aliphatic carbocycles. The molecule has 3 N–H and O–H groups in total. The zero-order chi connectivity index (χ0) is 27.7. The summed E-state index contributed by atoms with van der Waals surface area (Å²) in [5.74, 6) is 0.272. The van der Waals surface area contributed by atoms with Crippen molar-refractivity contribution < 1.29 is 27.5 Å². The lowest BCUT2D eigenvalue weighted by Crippen LogP contribution is -2.50. The van der Waals surface area contributed by atoms with Crippen LogP contribution in [0.1, 0.15) is 73.5 Å². The van der Waals surface area contributed by atoms with Gasteiger partial charge in [0.1, 0.15) is 29.5 Å². The van der Waals surface area contributed by atoms with E-state index in [1.165, 1.54) is 24.5 Å². The van der Waals surface area contributed by atoms with Crippen LogP contribution in [0.4, 0.5) is 13.2 Å². The minimum Gasteiger partial charge on any atom is -0.493 e. The topological polar surface area (TPSA) is 109 Å². The molecule has 11 heteroatoms. The maximum Gasteiger partial charge on any atom is 0.263 e. The first-order valence-corrected chi connectivity index (χ1v) is 13.4. The summed E-state index contributed by atoms with van der Waals surface area (Å²) in [6, 6.07) is 3.25. The molecule has 208 valence electrons. The summed E-state index contributed by atoms with van der Waals surface area (Å²) in [6.45, 7) is 3.93. The molecule has 3 aromatic rings. The Labute approximate surface area is 224 Å². The van der Waals surface area contributed by atoms with Gasteiger partial charge in [-0.15, -0.1) is 0 Å². The van der Waals surface area contributed by atoms with Crippen LogP contribution in [0.25, 0.3) is 22.3 Å². The summed E-state index contributed by atoms with van der Waals surface area (Å²) >= 11 is 0. The molecule has 1 aromatic carbocycles. The van der Waals surface area contributed by atoms with Gasteiger partial charge in [0, 0.05) is 35.7 Å². The number of halogens is 3. The Balaban J connectivity index is 1.42. The van der Waals surface area contributed by atoms with Gasteiger partial charge >= 0.3 is 0 Å². The first-order valence-electron chi connectivity index (χ1n) is 13.4. The summed E-state index contributed by atoms with van der Waals surface area (Å²) in [6.07, 6.45) is 0.828. The van der Waals surface area contributed by atoms with Crippen molar-refractivity contribution in [2.75, 3.05) is 6.61 Å². The van der Waals surface area contributed by atoms with Crippen molar-refractivity contribution in [2.24, 2.45) is 5.92 Å². The van der Waals surface area contributed by atoms with Crippen molar-refractivity contribution >= 4 is 22.8 Å². The SMILES string of the molecule is CCC(=O)N[C@H]1CC[C@H](NC(=O)c2c(C)[nH]c3c(-c4cc(C(F)F)ccc4OCC4CC4)ncnc23)[C@H](F)C1. The average molecular weight is 544 g/mol. The van der Waals surface area contributed by atoms with E-state index in [1.54, 1.807) is 13.8 Å². The molecule has 0 aliphatic heterocycles. The van der Waals surface area contributed by atoms with Gasteiger partial charge in [-0.25, -0.2) is 23.1 Å². The van der Waals surface area contributed by atoms with Crippen molar-refractivity contribution in [3.8, 4) is 17.0 Å². The second kappa shape index (κ2) is 11.2. The molecule has 0 radical (unpaired) electrons. The second-order valence-electron chi connectivity index (χ2n) is 10.4. The molecule has 3 atom stereocenters. The number of hydrogen-bond acceptors (Lipinski definition) is 5. The Morgan fingerprint density at radius 1 is 1.15 bits per heavy atom. The van der Waals surface area contributed by atoms with Gasteiger partial charge in [0.25, 0.3) is 12.3 Å². The number of rotatable bonds is 9. The maximum atomic E-state index is 15.0. The lowest BCUT2D eigenvalue weighted by molar-refractivity contribution is -0.121. The van der Waals surface area contributed by atoms with Gasteiger partial charge in [-0.1, -0.05) is 6.92 Å². The number of carbonyl (C=O) groups excluding carboxylic acids is 2. The number of aromatic nitrogens is 3. The summed E-state index contributed by atoms with van der Waals surface area (Å²) < 4.78 is 48.1. The van der Waals surface area contributed by atoms with Crippen LogP contribution in [-0.4, -0.2) is 51.6 Å². The first kappa shape index (κ1) is 27.0. The quantitative estimate of drug-likeness (QED) is 0.345. The van der Waals surface area contributed by atoms with Gasteiger partial charge < -0.3 is 20.4 Å². The van der Waals surface area contributed by atoms with E-state index >= 15 is 0 Å². The van der Waals surface area contributed by atoms with Crippen LogP contribution in [-0.2, 0) is 4.79 Å². The van der Waals surface area contributed by atoms with Gasteiger partial charge in [-0.2, -0.15) is 0 Å². The predicted octanol–water partition coefficient (Wildman–Crippen LogP) is 5.17. The molecule has 2 aromatic heterocycles. The van der Waals surface area contributed by atoms with Crippen LogP contribution in [0.2, 0.25) is 0 Å². The lowest BCUT2D eigenvalue weighted by atomic mass is 9.89. The van der Waals surface area contributed by atoms with E-state index < -0.39 is 24.5 Å². The van der Waals surface area contributed by atoms with Gasteiger partial charge in [-0.3, -0.25) is 9.59 Å². The first-order chi connectivity index (χ1) is 18.7. The third-order valence-electron chi connectivity index (χ3n) is 7.46. The van der Waals surface area contributed by atoms with Crippen LogP contribution < -0.4 is 15.4 Å². The van der Waals surface area contributed by atoms with Crippen molar-refractivity contribution in [3.63, 3.8) is 0 Å². The zero-order valence-electron chi connectivity index (χ0n) is 21.9. The standard InChI is InChI=1S/C28H32F3N5O3/c1-3-22(37)35-17-7-8-20(19(29)11-17)36-28(38)23-14(2)34-26-24(32-13-33-25(23)26)18-10-16(27(30)31)6-9-21(18)39-12-15-4-5-15/h6,9-10,13,15,17,19-20,27,34H,3-5,7-8,11-12H2,1-2H3,(H,35,37)(H,36,38)/t17-,19+,20-/m0/s1. The molecule has 0 spiro atoms. The average Bonchev–Trinajstić information content (AvgIpc) is 3.68. The minimum absolute atomic E-state index is 0.125. The molecule has 0 unspecified atom stereocenters. The minimum atomic E-state index is -2.68. The molecule has 5 rings (SSSR count). The molecule has 2 saturated carbocycles. The molecule has 2 heterocycles. The summed E-state index contributed by atoms with van der Waals surface area (Å²) in [5, 5.41) is 5.61. The Bertz CT molecular complexity index is 1370. The van der Waals surface area contributed by atoms with Crippen molar-refractivity contribution in [1.82, 2.24) is 25.6 Å². The summed E-state index contributed by atoms with van der Waals surface area (Å²) in [5.41, 5.74) is 2.00. The Morgan fingerprint density at radius 2 is 1.95 bits per heavy atom. The second-order valence-corrected chi connectivity index (χ2v) is 10.4. The van der Waals surface area contributed by atoms with E-state index in [0.717, 1.165) is 12.8 Å². The van der Waals surface area contributed by atoms with Crippen LogP contribution in [0.15, 0.2) is 24.5 Å². The number of H-pyrrole nitrogens is 1. The number of alkyl halides is 3. The normalized spacial score (nSPS) is 21.2. The van der Waals surface area contributed by atoms with Gasteiger partial charge in [0.05, 0.1) is 23.7 Å². The van der Waals surface area contributed by atoms with E-state index in [4.69, 9.17) is 4.74 Å². The third kappa shape index (κ3) is 5.86. The Kier molecular flexibility index (Phi) is 7.76.